The molecular formula is C21H21ClN2O3. The monoisotopic (exact) mass is 384 g/mol. The number of carboxylic acids is 1. The molecule has 0 fully saturated rings. The van der Waals surface area contributed by atoms with Crippen molar-refractivity contribution in [3.8, 4) is 0 Å². The summed E-state index contributed by atoms with van der Waals surface area (Å²) in [5, 5.41) is 9.86. The van der Waals surface area contributed by atoms with Gasteiger partial charge in [0.15, 0.2) is 0 Å². The Hall–Kier alpha value is -2.66. The van der Waals surface area contributed by atoms with Crippen molar-refractivity contribution in [1.82, 2.24) is 0 Å². The minimum atomic E-state index is -1.08. The molecule has 1 amide bonds. The van der Waals surface area contributed by atoms with E-state index in [-0.39, 0.29) is 5.91 Å². The van der Waals surface area contributed by atoms with Crippen LogP contribution in [0.1, 0.15) is 31.9 Å². The number of carbonyl (C=O) groups excluding carboxylic acids is 1. The normalized spacial score (nSPS) is 17.2. The van der Waals surface area contributed by atoms with Gasteiger partial charge in [-0.15, -0.1) is 0 Å². The molecule has 1 atom stereocenters. The van der Waals surface area contributed by atoms with E-state index in [2.05, 4.69) is 0 Å². The number of carboxylic acid groups (broad SMARTS) is 1. The van der Waals surface area contributed by atoms with Crippen LogP contribution in [0.5, 0.6) is 0 Å². The van der Waals surface area contributed by atoms with Crippen LogP contribution in [0.15, 0.2) is 53.5 Å². The topological polar surface area (TPSA) is 70.0 Å². The lowest BCUT2D eigenvalue weighted by Crippen LogP contribution is -2.46. The van der Waals surface area contributed by atoms with Crippen molar-refractivity contribution in [1.29, 1.82) is 0 Å². The van der Waals surface area contributed by atoms with E-state index in [0.29, 0.717) is 22.0 Å². The van der Waals surface area contributed by atoms with Gasteiger partial charge in [-0.3, -0.25) is 19.5 Å². The Labute approximate surface area is 163 Å². The predicted octanol–water partition coefficient (Wildman–Crippen LogP) is 4.02. The Kier molecular flexibility index (Phi) is 5.07. The molecule has 0 spiro atoms. The Morgan fingerprint density at radius 1 is 1.19 bits per heavy atom. The molecule has 6 heteroatoms. The fourth-order valence-corrected chi connectivity index (χ4v) is 3.31. The highest BCUT2D eigenvalue weighted by atomic mass is 35.5. The van der Waals surface area contributed by atoms with Crippen LogP contribution in [-0.4, -0.2) is 35.3 Å². The van der Waals surface area contributed by atoms with Crippen molar-refractivity contribution in [2.45, 2.75) is 26.8 Å². The van der Waals surface area contributed by atoms with Crippen molar-refractivity contribution in [2.75, 3.05) is 11.4 Å². The zero-order valence-electron chi connectivity index (χ0n) is 15.4. The molecule has 0 aromatic heterocycles. The van der Waals surface area contributed by atoms with E-state index in [0.717, 1.165) is 5.56 Å². The van der Waals surface area contributed by atoms with Crippen LogP contribution in [0.25, 0.3) is 0 Å². The lowest BCUT2D eigenvalue weighted by atomic mass is 9.86. The van der Waals surface area contributed by atoms with Gasteiger partial charge in [0, 0.05) is 16.1 Å². The molecule has 0 saturated carbocycles. The third-order valence-corrected chi connectivity index (χ3v) is 4.66. The van der Waals surface area contributed by atoms with E-state index < -0.39 is 24.0 Å². The number of hydrogen-bond donors (Lipinski definition) is 1. The maximum Gasteiger partial charge on any atom is 0.323 e. The molecule has 1 N–H and O–H groups in total. The molecule has 2 aromatic carbocycles. The zero-order valence-corrected chi connectivity index (χ0v) is 16.2. The molecule has 0 bridgehead atoms. The van der Waals surface area contributed by atoms with Crippen LogP contribution < -0.4 is 4.90 Å². The average molecular weight is 385 g/mol. The zero-order chi connectivity index (χ0) is 19.8. The van der Waals surface area contributed by atoms with Crippen molar-refractivity contribution >= 4 is 34.9 Å². The summed E-state index contributed by atoms with van der Waals surface area (Å²) in [4.78, 5) is 30.8. The van der Waals surface area contributed by atoms with Gasteiger partial charge in [-0.2, -0.15) is 0 Å². The van der Waals surface area contributed by atoms with Gasteiger partial charge in [-0.1, -0.05) is 62.7 Å². The van der Waals surface area contributed by atoms with Crippen LogP contribution in [-0.2, 0) is 9.59 Å². The van der Waals surface area contributed by atoms with Crippen LogP contribution in [0, 0.1) is 5.41 Å². The third kappa shape index (κ3) is 3.88. The lowest BCUT2D eigenvalue weighted by Gasteiger charge is -2.30. The second kappa shape index (κ2) is 7.16. The summed E-state index contributed by atoms with van der Waals surface area (Å²) in [7, 11) is 0. The number of aliphatic imine (C=N–C) groups is 1. The summed E-state index contributed by atoms with van der Waals surface area (Å²) >= 11 is 6.22. The van der Waals surface area contributed by atoms with E-state index in [1.54, 1.807) is 18.2 Å². The molecule has 1 aliphatic rings. The Balaban J connectivity index is 2.31. The number of nitrogens with zero attached hydrogens (tertiary/aromatic N) is 2. The van der Waals surface area contributed by atoms with Crippen LogP contribution in [0.4, 0.5) is 5.69 Å². The lowest BCUT2D eigenvalue weighted by molar-refractivity contribution is -0.137. The van der Waals surface area contributed by atoms with Gasteiger partial charge in [-0.05, 0) is 23.6 Å². The Bertz CT molecular complexity index is 917. The largest absolute Gasteiger partial charge is 0.480 e. The van der Waals surface area contributed by atoms with Gasteiger partial charge in [0.25, 0.3) is 5.91 Å². The van der Waals surface area contributed by atoms with Crippen LogP contribution in [0.3, 0.4) is 0 Å². The average Bonchev–Trinajstić information content (AvgIpc) is 2.70. The fourth-order valence-electron chi connectivity index (χ4n) is 3.14. The Morgan fingerprint density at radius 3 is 2.44 bits per heavy atom. The minimum Gasteiger partial charge on any atom is -0.480 e. The number of aliphatic carboxylic acids is 1. The van der Waals surface area contributed by atoms with Crippen molar-refractivity contribution in [3.05, 3.63) is 64.7 Å². The predicted molar refractivity (Wildman–Crippen MR) is 107 cm³/mol. The smallest absolute Gasteiger partial charge is 0.323 e. The second-order valence-electron chi connectivity index (χ2n) is 7.59. The first-order valence-corrected chi connectivity index (χ1v) is 9.02. The van der Waals surface area contributed by atoms with Crippen LogP contribution in [0.2, 0.25) is 5.02 Å². The molecule has 1 heterocycles. The van der Waals surface area contributed by atoms with E-state index in [9.17, 15) is 14.7 Å². The van der Waals surface area contributed by atoms with E-state index >= 15 is 0 Å². The molecule has 1 unspecified atom stereocenters. The summed E-state index contributed by atoms with van der Waals surface area (Å²) < 4.78 is 0. The van der Waals surface area contributed by atoms with Gasteiger partial charge < -0.3 is 5.11 Å². The molecule has 1 aliphatic heterocycles. The van der Waals surface area contributed by atoms with E-state index in [1.165, 1.54) is 4.90 Å². The quantitative estimate of drug-likeness (QED) is 0.868. The number of benzodiazepines with no additional fused rings is 1. The van der Waals surface area contributed by atoms with Gasteiger partial charge in [0.1, 0.15) is 12.6 Å². The first-order chi connectivity index (χ1) is 12.7. The number of amides is 1. The maximum atomic E-state index is 13.3. The highest BCUT2D eigenvalue weighted by molar-refractivity contribution is 6.32. The van der Waals surface area contributed by atoms with Gasteiger partial charge in [0.2, 0.25) is 0 Å². The summed E-state index contributed by atoms with van der Waals surface area (Å²) in [6.07, 6.45) is 0. The number of benzene rings is 2. The van der Waals surface area contributed by atoms with Crippen molar-refractivity contribution < 1.29 is 14.7 Å². The number of hydrogen-bond acceptors (Lipinski definition) is 3. The second-order valence-corrected chi connectivity index (χ2v) is 8.03. The van der Waals surface area contributed by atoms with E-state index in [1.807, 2.05) is 51.1 Å². The number of halogens is 1. The van der Waals surface area contributed by atoms with Gasteiger partial charge >= 0.3 is 5.97 Å². The summed E-state index contributed by atoms with van der Waals surface area (Å²) in [5.74, 6) is -1.42. The van der Waals surface area contributed by atoms with Crippen molar-refractivity contribution in [2.24, 2.45) is 10.4 Å². The SMILES string of the molecule is CC(C)(C)C1N=C(c2ccccc2)c2cc(Cl)ccc2N(CC(=O)O)C1=O. The molecule has 27 heavy (non-hydrogen) atoms. The minimum absolute atomic E-state index is 0.334. The first kappa shape index (κ1) is 19.1. The summed E-state index contributed by atoms with van der Waals surface area (Å²) in [5.41, 5.74) is 2.14. The summed E-state index contributed by atoms with van der Waals surface area (Å²) in [6, 6.07) is 13.9. The van der Waals surface area contributed by atoms with Gasteiger partial charge in [0.05, 0.1) is 11.4 Å². The highest BCUT2D eigenvalue weighted by Gasteiger charge is 2.39. The number of fused-ring (bicyclic) bond motifs is 1. The standard InChI is InChI=1S/C21H21ClN2O3/c1-21(2,3)19-20(27)24(12-17(25)26)16-10-9-14(22)11-15(16)18(23-19)13-7-5-4-6-8-13/h4-11,19H,12H2,1-3H3,(H,25,26). The summed E-state index contributed by atoms with van der Waals surface area (Å²) in [6.45, 7) is 5.33. The highest BCUT2D eigenvalue weighted by Crippen LogP contribution is 2.35. The molecule has 0 radical (unpaired) electrons. The third-order valence-electron chi connectivity index (χ3n) is 4.42. The molecule has 0 aliphatic carbocycles. The molecular weight excluding hydrogens is 364 g/mol. The maximum absolute atomic E-state index is 13.3. The van der Waals surface area contributed by atoms with Gasteiger partial charge in [-0.25, -0.2) is 0 Å². The van der Waals surface area contributed by atoms with Crippen LogP contribution >= 0.6 is 11.6 Å². The molecule has 2 aromatic rings. The number of carbonyl (C=O) groups is 2. The molecule has 140 valence electrons. The van der Waals surface area contributed by atoms with E-state index in [4.69, 9.17) is 16.6 Å². The number of rotatable bonds is 3. The number of anilines is 1. The molecule has 3 rings (SSSR count). The molecule has 0 saturated heterocycles. The first-order valence-electron chi connectivity index (χ1n) is 8.65. The molecule has 5 nitrogen and oxygen atoms in total. The fraction of sp³-hybridized carbons (Fsp3) is 0.286. The Morgan fingerprint density at radius 2 is 1.85 bits per heavy atom. The van der Waals surface area contributed by atoms with Crippen molar-refractivity contribution in [3.63, 3.8) is 0 Å².